The first-order valence-corrected chi connectivity index (χ1v) is 6.19. The Labute approximate surface area is 111 Å². The van der Waals surface area contributed by atoms with Gasteiger partial charge in [-0.3, -0.25) is 4.68 Å². The number of aliphatic hydroxyl groups excluding tert-OH is 1. The van der Waals surface area contributed by atoms with Crippen LogP contribution in [-0.2, 0) is 19.8 Å². The molecule has 0 amide bonds. The summed E-state index contributed by atoms with van der Waals surface area (Å²) in [6.45, 7) is 4.79. The lowest BCUT2D eigenvalue weighted by Crippen LogP contribution is -2.07. The minimum atomic E-state index is -0.383. The lowest BCUT2D eigenvalue weighted by atomic mass is 10.2. The number of hydrogen-bond acceptors (Lipinski definition) is 3. The molecule has 102 valence electrons. The van der Waals surface area contributed by atoms with Gasteiger partial charge in [-0.2, -0.15) is 5.10 Å². The molecule has 2 rings (SSSR count). The zero-order valence-electron chi connectivity index (χ0n) is 11.1. The average molecular weight is 264 g/mol. The second-order valence-electron chi connectivity index (χ2n) is 4.29. The van der Waals surface area contributed by atoms with Gasteiger partial charge in [0.2, 0.25) is 0 Å². The Bertz CT molecular complexity index is 567. The number of aryl methyl sites for hydroxylation is 2. The molecule has 5 heteroatoms. The van der Waals surface area contributed by atoms with E-state index in [1.807, 2.05) is 24.6 Å². The predicted octanol–water partition coefficient (Wildman–Crippen LogP) is 2.42. The molecule has 4 nitrogen and oxygen atoms in total. The highest BCUT2D eigenvalue weighted by molar-refractivity contribution is 5.33. The van der Waals surface area contributed by atoms with Gasteiger partial charge in [0.1, 0.15) is 18.2 Å². The SMILES string of the molecule is CCn1nc(C)cc1COc1ccc(F)cc1CO. The lowest BCUT2D eigenvalue weighted by molar-refractivity contribution is 0.254. The zero-order valence-corrected chi connectivity index (χ0v) is 11.1. The maximum Gasteiger partial charge on any atom is 0.130 e. The Balaban J connectivity index is 2.14. The van der Waals surface area contributed by atoms with Crippen LogP contribution in [0.5, 0.6) is 5.75 Å². The molecule has 19 heavy (non-hydrogen) atoms. The van der Waals surface area contributed by atoms with Crippen LogP contribution in [0.1, 0.15) is 23.9 Å². The fourth-order valence-corrected chi connectivity index (χ4v) is 1.95. The maximum atomic E-state index is 13.0. The number of hydrogen-bond donors (Lipinski definition) is 1. The molecular weight excluding hydrogens is 247 g/mol. The molecule has 0 aliphatic rings. The van der Waals surface area contributed by atoms with Crippen LogP contribution in [0.4, 0.5) is 4.39 Å². The van der Waals surface area contributed by atoms with Crippen LogP contribution in [0.2, 0.25) is 0 Å². The number of halogens is 1. The molecule has 2 aromatic rings. The van der Waals surface area contributed by atoms with E-state index < -0.39 is 0 Å². The van der Waals surface area contributed by atoms with Crippen LogP contribution in [0.15, 0.2) is 24.3 Å². The van der Waals surface area contributed by atoms with Crippen molar-refractivity contribution < 1.29 is 14.2 Å². The van der Waals surface area contributed by atoms with E-state index in [4.69, 9.17) is 4.74 Å². The van der Waals surface area contributed by atoms with E-state index in [9.17, 15) is 9.50 Å². The van der Waals surface area contributed by atoms with E-state index in [0.717, 1.165) is 17.9 Å². The van der Waals surface area contributed by atoms with Crippen molar-refractivity contribution >= 4 is 0 Å². The van der Waals surface area contributed by atoms with Crippen molar-refractivity contribution in [1.82, 2.24) is 9.78 Å². The summed E-state index contributed by atoms with van der Waals surface area (Å²) in [7, 11) is 0. The molecule has 1 heterocycles. The van der Waals surface area contributed by atoms with Crippen molar-refractivity contribution in [2.24, 2.45) is 0 Å². The van der Waals surface area contributed by atoms with Gasteiger partial charge in [0, 0.05) is 12.1 Å². The first-order chi connectivity index (χ1) is 9.13. The molecular formula is C14H17FN2O2. The van der Waals surface area contributed by atoms with E-state index in [1.54, 1.807) is 0 Å². The van der Waals surface area contributed by atoms with Gasteiger partial charge in [-0.15, -0.1) is 0 Å². The summed E-state index contributed by atoms with van der Waals surface area (Å²) in [5.74, 6) is 0.108. The molecule has 0 saturated heterocycles. The van der Waals surface area contributed by atoms with Crippen molar-refractivity contribution in [2.75, 3.05) is 0 Å². The van der Waals surface area contributed by atoms with E-state index >= 15 is 0 Å². The number of aromatic nitrogens is 2. The highest BCUT2D eigenvalue weighted by atomic mass is 19.1. The second kappa shape index (κ2) is 5.84. The van der Waals surface area contributed by atoms with Crippen molar-refractivity contribution in [3.8, 4) is 5.75 Å². The van der Waals surface area contributed by atoms with Gasteiger partial charge >= 0.3 is 0 Å². The van der Waals surface area contributed by atoms with E-state index in [1.165, 1.54) is 18.2 Å². The number of benzene rings is 1. The van der Waals surface area contributed by atoms with Gasteiger partial charge in [0.25, 0.3) is 0 Å². The Morgan fingerprint density at radius 1 is 1.37 bits per heavy atom. The van der Waals surface area contributed by atoms with Gasteiger partial charge in [0.15, 0.2) is 0 Å². The molecule has 0 bridgehead atoms. The second-order valence-corrected chi connectivity index (χ2v) is 4.29. The fourth-order valence-electron chi connectivity index (χ4n) is 1.95. The van der Waals surface area contributed by atoms with Crippen molar-refractivity contribution in [2.45, 2.75) is 33.6 Å². The number of aliphatic hydroxyl groups is 1. The third-order valence-electron chi connectivity index (χ3n) is 2.85. The highest BCUT2D eigenvalue weighted by Crippen LogP contribution is 2.21. The standard InChI is InChI=1S/C14H17FN2O2/c1-3-17-13(6-10(2)16-17)9-19-14-5-4-12(15)7-11(14)8-18/h4-7,18H,3,8-9H2,1-2H3. The van der Waals surface area contributed by atoms with Crippen LogP contribution in [-0.4, -0.2) is 14.9 Å². The Hall–Kier alpha value is -1.88. The molecule has 0 saturated carbocycles. The molecule has 0 fully saturated rings. The third-order valence-corrected chi connectivity index (χ3v) is 2.85. The zero-order chi connectivity index (χ0) is 13.8. The first kappa shape index (κ1) is 13.5. The van der Waals surface area contributed by atoms with E-state index in [-0.39, 0.29) is 12.4 Å². The van der Waals surface area contributed by atoms with Crippen molar-refractivity contribution in [3.05, 3.63) is 47.0 Å². The summed E-state index contributed by atoms with van der Waals surface area (Å²) in [6.07, 6.45) is 0. The highest BCUT2D eigenvalue weighted by Gasteiger charge is 2.08. The monoisotopic (exact) mass is 264 g/mol. The topological polar surface area (TPSA) is 47.3 Å². The molecule has 1 N–H and O–H groups in total. The molecule has 0 radical (unpaired) electrons. The van der Waals surface area contributed by atoms with Crippen molar-refractivity contribution in [1.29, 1.82) is 0 Å². The number of ether oxygens (including phenoxy) is 1. The van der Waals surface area contributed by atoms with Crippen LogP contribution in [0.25, 0.3) is 0 Å². The summed E-state index contributed by atoms with van der Waals surface area (Å²) in [5.41, 5.74) is 2.33. The summed E-state index contributed by atoms with van der Waals surface area (Å²) in [5, 5.41) is 13.5. The molecule has 0 aliphatic heterocycles. The van der Waals surface area contributed by atoms with Gasteiger partial charge in [0.05, 0.1) is 18.0 Å². The lowest BCUT2D eigenvalue weighted by Gasteiger charge is -2.11. The smallest absolute Gasteiger partial charge is 0.130 e. The van der Waals surface area contributed by atoms with E-state index in [2.05, 4.69) is 5.10 Å². The van der Waals surface area contributed by atoms with Gasteiger partial charge in [-0.05, 0) is 38.1 Å². The third kappa shape index (κ3) is 3.12. The Morgan fingerprint density at radius 3 is 2.84 bits per heavy atom. The average Bonchev–Trinajstić information content (AvgIpc) is 2.77. The normalized spacial score (nSPS) is 10.7. The minimum Gasteiger partial charge on any atom is -0.487 e. The number of nitrogens with zero attached hydrogens (tertiary/aromatic N) is 2. The molecule has 0 atom stereocenters. The van der Waals surface area contributed by atoms with Crippen LogP contribution < -0.4 is 4.74 Å². The summed E-state index contributed by atoms with van der Waals surface area (Å²) in [4.78, 5) is 0. The Kier molecular flexibility index (Phi) is 4.16. The number of rotatable bonds is 5. The molecule has 0 spiro atoms. The molecule has 1 aromatic heterocycles. The largest absolute Gasteiger partial charge is 0.487 e. The van der Waals surface area contributed by atoms with Gasteiger partial charge < -0.3 is 9.84 Å². The van der Waals surface area contributed by atoms with Crippen LogP contribution in [0.3, 0.4) is 0 Å². The minimum absolute atomic E-state index is 0.251. The molecule has 0 unspecified atom stereocenters. The maximum absolute atomic E-state index is 13.0. The molecule has 0 aliphatic carbocycles. The van der Waals surface area contributed by atoms with Crippen molar-refractivity contribution in [3.63, 3.8) is 0 Å². The van der Waals surface area contributed by atoms with Crippen LogP contribution >= 0.6 is 0 Å². The Morgan fingerprint density at radius 2 is 2.16 bits per heavy atom. The van der Waals surface area contributed by atoms with Gasteiger partial charge in [-0.25, -0.2) is 4.39 Å². The fraction of sp³-hybridized carbons (Fsp3) is 0.357. The summed E-state index contributed by atoms with van der Waals surface area (Å²) < 4.78 is 20.5. The molecule has 1 aromatic carbocycles. The first-order valence-electron chi connectivity index (χ1n) is 6.19. The van der Waals surface area contributed by atoms with Crippen LogP contribution in [0, 0.1) is 12.7 Å². The van der Waals surface area contributed by atoms with Gasteiger partial charge in [-0.1, -0.05) is 0 Å². The summed E-state index contributed by atoms with van der Waals surface area (Å²) in [6, 6.07) is 6.07. The predicted molar refractivity (Wildman–Crippen MR) is 69.3 cm³/mol. The summed E-state index contributed by atoms with van der Waals surface area (Å²) >= 11 is 0. The quantitative estimate of drug-likeness (QED) is 0.902. The van der Waals surface area contributed by atoms with E-state index in [0.29, 0.717) is 17.9 Å².